The van der Waals surface area contributed by atoms with Crippen LogP contribution in [0.4, 0.5) is 0 Å². The molecule has 0 amide bonds. The molecule has 0 atom stereocenters. The van der Waals surface area contributed by atoms with Gasteiger partial charge in [0.15, 0.2) is 9.84 Å². The maximum absolute atomic E-state index is 11.8. The molecule has 0 fully saturated rings. The van der Waals surface area contributed by atoms with Gasteiger partial charge in [0.25, 0.3) is 0 Å². The lowest BCUT2D eigenvalue weighted by Crippen LogP contribution is -1.96. The van der Waals surface area contributed by atoms with Crippen LogP contribution in [0.3, 0.4) is 0 Å². The highest BCUT2D eigenvalue weighted by Gasteiger charge is 2.14. The van der Waals surface area contributed by atoms with Crippen molar-refractivity contribution in [3.05, 3.63) is 82.4 Å². The van der Waals surface area contributed by atoms with Crippen LogP contribution in [-0.4, -0.2) is 21.8 Å². The van der Waals surface area contributed by atoms with E-state index in [1.165, 1.54) is 6.26 Å². The van der Waals surface area contributed by atoms with Gasteiger partial charge < -0.3 is 9.47 Å². The highest BCUT2D eigenvalue weighted by atomic mass is 127. The largest absolute Gasteiger partial charge is 0.497 e. The van der Waals surface area contributed by atoms with Crippen LogP contribution in [0.1, 0.15) is 0 Å². The molecule has 30 heavy (non-hydrogen) atoms. The molecule has 0 aromatic heterocycles. The molecule has 0 aliphatic heterocycles. The van der Waals surface area contributed by atoms with Gasteiger partial charge in [-0.05, 0) is 94.2 Å². The van der Waals surface area contributed by atoms with Crippen LogP contribution in [0, 0.1) is 3.57 Å². The first-order valence-corrected chi connectivity index (χ1v) is 12.2. The van der Waals surface area contributed by atoms with Gasteiger partial charge >= 0.3 is 0 Å². The van der Waals surface area contributed by atoms with Crippen molar-refractivity contribution in [1.29, 1.82) is 0 Å². The molecular weight excluding hydrogens is 511 g/mol. The Morgan fingerprint density at radius 3 is 2.10 bits per heavy atom. The van der Waals surface area contributed by atoms with Gasteiger partial charge in [-0.2, -0.15) is 0 Å². The normalized spacial score (nSPS) is 11.4. The van der Waals surface area contributed by atoms with E-state index in [2.05, 4.69) is 22.6 Å². The number of hydrogen-bond acceptors (Lipinski definition) is 4. The van der Waals surface area contributed by atoms with E-state index < -0.39 is 9.84 Å². The van der Waals surface area contributed by atoms with E-state index >= 15 is 0 Å². The average Bonchev–Trinajstić information content (AvgIpc) is 2.74. The molecule has 0 bridgehead atoms. The minimum Gasteiger partial charge on any atom is -0.497 e. The zero-order chi connectivity index (χ0) is 21.3. The molecule has 0 saturated heterocycles. The quantitative estimate of drug-likeness (QED) is 0.284. The van der Waals surface area contributed by atoms with Gasteiger partial charge in [0, 0.05) is 20.8 Å². The zero-order valence-corrected chi connectivity index (χ0v) is 19.4. The van der Waals surface area contributed by atoms with Crippen molar-refractivity contribution in [3.63, 3.8) is 0 Å². The van der Waals surface area contributed by atoms with Crippen molar-refractivity contribution in [3.8, 4) is 28.4 Å². The van der Waals surface area contributed by atoms with Crippen LogP contribution in [0.25, 0.3) is 21.9 Å². The molecule has 6 heteroatoms. The predicted octanol–water partition coefficient (Wildman–Crippen LogP) is 6.32. The van der Waals surface area contributed by atoms with Gasteiger partial charge in [-0.1, -0.05) is 18.2 Å². The Bertz CT molecular complexity index is 1310. The summed E-state index contributed by atoms with van der Waals surface area (Å²) in [6.45, 7) is 0. The lowest BCUT2D eigenvalue weighted by atomic mass is 9.99. The first-order valence-electron chi connectivity index (χ1n) is 9.20. The summed E-state index contributed by atoms with van der Waals surface area (Å²) in [5.41, 5.74) is 1.76. The molecule has 4 aromatic rings. The maximum Gasteiger partial charge on any atom is 0.175 e. The number of fused-ring (bicyclic) bond motifs is 1. The van der Waals surface area contributed by atoms with Crippen molar-refractivity contribution in [2.45, 2.75) is 4.90 Å². The Morgan fingerprint density at radius 2 is 1.47 bits per heavy atom. The predicted molar refractivity (Wildman–Crippen MR) is 128 cm³/mol. The summed E-state index contributed by atoms with van der Waals surface area (Å²) in [5, 5.41) is 1.94. The number of benzene rings is 4. The SMILES string of the molecule is COc1ccc2c(Oc3ccc(I)cc3)c(-c3ccc(S(C)(=O)=O)cc3)ccc2c1. The second kappa shape index (κ2) is 8.28. The van der Waals surface area contributed by atoms with E-state index in [0.29, 0.717) is 5.75 Å². The maximum atomic E-state index is 11.8. The molecule has 0 heterocycles. The van der Waals surface area contributed by atoms with Crippen LogP contribution in [0.15, 0.2) is 83.8 Å². The molecule has 4 rings (SSSR count). The van der Waals surface area contributed by atoms with E-state index in [1.807, 2.05) is 66.7 Å². The van der Waals surface area contributed by atoms with Crippen LogP contribution >= 0.6 is 22.6 Å². The second-order valence-electron chi connectivity index (χ2n) is 6.88. The number of methoxy groups -OCH3 is 1. The van der Waals surface area contributed by atoms with Crippen LogP contribution in [-0.2, 0) is 9.84 Å². The van der Waals surface area contributed by atoms with Crippen molar-refractivity contribution >= 4 is 43.2 Å². The van der Waals surface area contributed by atoms with Gasteiger partial charge in [-0.3, -0.25) is 0 Å². The summed E-state index contributed by atoms with van der Waals surface area (Å²) in [7, 11) is -1.61. The molecule has 152 valence electrons. The average molecular weight is 530 g/mol. The van der Waals surface area contributed by atoms with Gasteiger partial charge in [0.05, 0.1) is 12.0 Å². The Balaban J connectivity index is 1.88. The molecular formula is C24H19IO4S. The highest BCUT2D eigenvalue weighted by Crippen LogP contribution is 2.40. The number of rotatable bonds is 5. The Kier molecular flexibility index (Phi) is 5.71. The Labute approximate surface area is 189 Å². The number of sulfone groups is 1. The number of ether oxygens (including phenoxy) is 2. The number of halogens is 1. The molecule has 0 spiro atoms. The third-order valence-corrected chi connectivity index (χ3v) is 6.65. The van der Waals surface area contributed by atoms with Crippen LogP contribution < -0.4 is 9.47 Å². The summed E-state index contributed by atoms with van der Waals surface area (Å²) >= 11 is 2.26. The molecule has 0 unspecified atom stereocenters. The Morgan fingerprint density at radius 1 is 0.800 bits per heavy atom. The lowest BCUT2D eigenvalue weighted by Gasteiger charge is -2.15. The molecule has 0 N–H and O–H groups in total. The van der Waals surface area contributed by atoms with Crippen molar-refractivity contribution in [2.24, 2.45) is 0 Å². The minimum absolute atomic E-state index is 0.289. The summed E-state index contributed by atoms with van der Waals surface area (Å²) in [5.74, 6) is 2.21. The summed E-state index contributed by atoms with van der Waals surface area (Å²) in [4.78, 5) is 0.289. The summed E-state index contributed by atoms with van der Waals surface area (Å²) in [6.07, 6.45) is 1.21. The first kappa shape index (κ1) is 20.7. The minimum atomic E-state index is -3.25. The lowest BCUT2D eigenvalue weighted by molar-refractivity contribution is 0.415. The van der Waals surface area contributed by atoms with Gasteiger partial charge in [-0.15, -0.1) is 0 Å². The van der Waals surface area contributed by atoms with E-state index in [1.54, 1.807) is 19.2 Å². The third kappa shape index (κ3) is 4.29. The van der Waals surface area contributed by atoms with Gasteiger partial charge in [0.1, 0.15) is 17.2 Å². The molecule has 4 nitrogen and oxygen atoms in total. The monoisotopic (exact) mass is 530 g/mol. The third-order valence-electron chi connectivity index (χ3n) is 4.80. The molecule has 0 radical (unpaired) electrons. The van der Waals surface area contributed by atoms with E-state index in [-0.39, 0.29) is 4.90 Å². The fourth-order valence-corrected chi connectivity index (χ4v) is 4.24. The van der Waals surface area contributed by atoms with Gasteiger partial charge in [0.2, 0.25) is 0 Å². The standard InChI is InChI=1S/C24H19IO4S/c1-28-20-10-14-23-17(15-20)5-13-22(16-3-11-21(12-4-16)30(2,26)27)24(23)29-19-8-6-18(25)7-9-19/h3-15H,1-2H3. The second-order valence-corrected chi connectivity index (χ2v) is 10.1. The summed E-state index contributed by atoms with van der Waals surface area (Å²) in [6, 6.07) is 24.5. The molecule has 4 aromatic carbocycles. The molecule has 0 saturated carbocycles. The van der Waals surface area contributed by atoms with Gasteiger partial charge in [-0.25, -0.2) is 8.42 Å². The van der Waals surface area contributed by atoms with Crippen molar-refractivity contribution in [2.75, 3.05) is 13.4 Å². The van der Waals surface area contributed by atoms with Crippen LogP contribution in [0.5, 0.6) is 17.2 Å². The fraction of sp³-hybridized carbons (Fsp3) is 0.0833. The number of hydrogen-bond donors (Lipinski definition) is 0. The summed E-state index contributed by atoms with van der Waals surface area (Å²) < 4.78 is 36.4. The fourth-order valence-electron chi connectivity index (χ4n) is 3.25. The van der Waals surface area contributed by atoms with Crippen molar-refractivity contribution in [1.82, 2.24) is 0 Å². The zero-order valence-electron chi connectivity index (χ0n) is 16.4. The van der Waals surface area contributed by atoms with Crippen molar-refractivity contribution < 1.29 is 17.9 Å². The topological polar surface area (TPSA) is 52.6 Å². The highest BCUT2D eigenvalue weighted by molar-refractivity contribution is 14.1. The Hall–Kier alpha value is -2.58. The molecule has 0 aliphatic rings. The molecule has 0 aliphatic carbocycles. The van der Waals surface area contributed by atoms with E-state index in [9.17, 15) is 8.42 Å². The van der Waals surface area contributed by atoms with Crippen LogP contribution in [0.2, 0.25) is 0 Å². The van der Waals surface area contributed by atoms with E-state index in [0.717, 1.165) is 37.0 Å². The van der Waals surface area contributed by atoms with E-state index in [4.69, 9.17) is 9.47 Å². The smallest absolute Gasteiger partial charge is 0.175 e. The first-order chi connectivity index (χ1) is 14.3.